The van der Waals surface area contributed by atoms with Crippen molar-refractivity contribution in [3.8, 4) is 0 Å². The van der Waals surface area contributed by atoms with Crippen LogP contribution in [0, 0.1) is 0 Å². The van der Waals surface area contributed by atoms with Gasteiger partial charge in [0.1, 0.15) is 6.04 Å². The molecule has 0 aromatic heterocycles. The Labute approximate surface area is 125 Å². The standard InChI is InChI=1S/C16H23N3O2/c1-3-12(2)19(11-13-7-5-4-6-8-13)16(21)14-9-18-15(20)10-17-14/h4-8,12,14,17H,3,9-11H2,1-2H3,(H,18,20). The van der Waals surface area contributed by atoms with Gasteiger partial charge in [-0.3, -0.25) is 14.9 Å². The first-order valence-electron chi connectivity index (χ1n) is 7.46. The van der Waals surface area contributed by atoms with Gasteiger partial charge in [0, 0.05) is 19.1 Å². The molecule has 114 valence electrons. The van der Waals surface area contributed by atoms with Gasteiger partial charge in [-0.2, -0.15) is 0 Å². The number of nitrogens with zero attached hydrogens (tertiary/aromatic N) is 1. The summed E-state index contributed by atoms with van der Waals surface area (Å²) in [6.45, 7) is 5.30. The molecule has 2 atom stereocenters. The molecule has 2 N–H and O–H groups in total. The molecule has 0 aliphatic carbocycles. The molecule has 5 heteroatoms. The molecule has 2 unspecified atom stereocenters. The zero-order valence-electron chi connectivity index (χ0n) is 12.6. The molecule has 1 saturated heterocycles. The van der Waals surface area contributed by atoms with E-state index in [1.54, 1.807) is 0 Å². The van der Waals surface area contributed by atoms with Crippen LogP contribution in [0.3, 0.4) is 0 Å². The van der Waals surface area contributed by atoms with Crippen LogP contribution in [-0.4, -0.2) is 41.9 Å². The van der Waals surface area contributed by atoms with Crippen LogP contribution in [0.1, 0.15) is 25.8 Å². The van der Waals surface area contributed by atoms with Crippen LogP contribution in [0.25, 0.3) is 0 Å². The van der Waals surface area contributed by atoms with Gasteiger partial charge in [-0.25, -0.2) is 0 Å². The fourth-order valence-corrected chi connectivity index (χ4v) is 2.39. The summed E-state index contributed by atoms with van der Waals surface area (Å²) in [6, 6.07) is 9.81. The van der Waals surface area contributed by atoms with Crippen molar-refractivity contribution in [3.63, 3.8) is 0 Å². The second kappa shape index (κ2) is 7.22. The first-order chi connectivity index (χ1) is 10.1. The molecule has 1 aliphatic heterocycles. The predicted octanol–water partition coefficient (Wildman–Crippen LogP) is 0.902. The molecule has 21 heavy (non-hydrogen) atoms. The van der Waals surface area contributed by atoms with E-state index in [1.807, 2.05) is 35.2 Å². The van der Waals surface area contributed by atoms with E-state index in [4.69, 9.17) is 0 Å². The fraction of sp³-hybridized carbons (Fsp3) is 0.500. The van der Waals surface area contributed by atoms with Gasteiger partial charge in [0.05, 0.1) is 6.54 Å². The SMILES string of the molecule is CCC(C)N(Cc1ccccc1)C(=O)C1CNC(=O)CN1. The number of hydrogen-bond acceptors (Lipinski definition) is 3. The number of amides is 2. The monoisotopic (exact) mass is 289 g/mol. The molecule has 1 heterocycles. The number of hydrogen-bond donors (Lipinski definition) is 2. The lowest BCUT2D eigenvalue weighted by Crippen LogP contribution is -2.59. The zero-order valence-corrected chi connectivity index (χ0v) is 12.6. The molecule has 5 nitrogen and oxygen atoms in total. The average molecular weight is 289 g/mol. The van der Waals surface area contributed by atoms with E-state index in [0.717, 1.165) is 12.0 Å². The Bertz CT molecular complexity index is 480. The lowest BCUT2D eigenvalue weighted by atomic mass is 10.1. The van der Waals surface area contributed by atoms with Crippen LogP contribution in [0.4, 0.5) is 0 Å². The van der Waals surface area contributed by atoms with Gasteiger partial charge in [-0.15, -0.1) is 0 Å². The zero-order chi connectivity index (χ0) is 15.2. The Morgan fingerprint density at radius 1 is 1.38 bits per heavy atom. The van der Waals surface area contributed by atoms with Gasteiger partial charge < -0.3 is 10.2 Å². The lowest BCUT2D eigenvalue weighted by molar-refractivity contribution is -0.137. The topological polar surface area (TPSA) is 61.4 Å². The van der Waals surface area contributed by atoms with E-state index in [2.05, 4.69) is 24.5 Å². The summed E-state index contributed by atoms with van der Waals surface area (Å²) in [5.74, 6) is -0.00889. The molecule has 0 radical (unpaired) electrons. The Hall–Kier alpha value is -1.88. The van der Waals surface area contributed by atoms with Crippen molar-refractivity contribution in [1.82, 2.24) is 15.5 Å². The van der Waals surface area contributed by atoms with Gasteiger partial charge in [0.15, 0.2) is 0 Å². The quantitative estimate of drug-likeness (QED) is 0.847. The smallest absolute Gasteiger partial charge is 0.242 e. The molecule has 2 rings (SSSR count). The summed E-state index contributed by atoms with van der Waals surface area (Å²) in [4.78, 5) is 25.8. The van der Waals surface area contributed by atoms with Gasteiger partial charge in [0.2, 0.25) is 11.8 Å². The van der Waals surface area contributed by atoms with Crippen molar-refractivity contribution in [2.45, 2.75) is 38.9 Å². The van der Waals surface area contributed by atoms with E-state index >= 15 is 0 Å². The highest BCUT2D eigenvalue weighted by atomic mass is 16.2. The maximum Gasteiger partial charge on any atom is 0.242 e. The van der Waals surface area contributed by atoms with E-state index in [1.165, 1.54) is 0 Å². The van der Waals surface area contributed by atoms with Crippen LogP contribution >= 0.6 is 0 Å². The van der Waals surface area contributed by atoms with Crippen LogP contribution in [0.2, 0.25) is 0 Å². The van der Waals surface area contributed by atoms with Crippen LogP contribution in [0.5, 0.6) is 0 Å². The molecule has 0 spiro atoms. The number of benzene rings is 1. The van der Waals surface area contributed by atoms with Gasteiger partial charge in [0.25, 0.3) is 0 Å². The van der Waals surface area contributed by atoms with E-state index in [-0.39, 0.29) is 30.4 Å². The molecule has 0 saturated carbocycles. The van der Waals surface area contributed by atoms with Crippen LogP contribution in [0.15, 0.2) is 30.3 Å². The Kier molecular flexibility index (Phi) is 5.33. The summed E-state index contributed by atoms with van der Waals surface area (Å²) >= 11 is 0. The summed E-state index contributed by atoms with van der Waals surface area (Å²) in [7, 11) is 0. The molecule has 2 amide bonds. The third-order valence-electron chi connectivity index (χ3n) is 3.91. The molecule has 1 aromatic rings. The number of carbonyl (C=O) groups excluding carboxylic acids is 2. The molecule has 0 bridgehead atoms. The summed E-state index contributed by atoms with van der Waals surface area (Å²) in [5, 5.41) is 5.75. The molecular formula is C16H23N3O2. The van der Waals surface area contributed by atoms with Crippen molar-refractivity contribution in [1.29, 1.82) is 0 Å². The fourth-order valence-electron chi connectivity index (χ4n) is 2.39. The average Bonchev–Trinajstić information content (AvgIpc) is 2.53. The molecule has 1 fully saturated rings. The number of piperazine rings is 1. The first-order valence-corrected chi connectivity index (χ1v) is 7.46. The minimum atomic E-state index is -0.333. The first kappa shape index (κ1) is 15.5. The largest absolute Gasteiger partial charge is 0.353 e. The Morgan fingerprint density at radius 3 is 2.67 bits per heavy atom. The van der Waals surface area contributed by atoms with Crippen LogP contribution in [-0.2, 0) is 16.1 Å². The molecule has 1 aliphatic rings. The summed E-state index contributed by atoms with van der Waals surface area (Å²) in [5.41, 5.74) is 1.12. The van der Waals surface area contributed by atoms with Crippen molar-refractivity contribution in [2.75, 3.05) is 13.1 Å². The molecule has 1 aromatic carbocycles. The predicted molar refractivity (Wildman–Crippen MR) is 81.5 cm³/mol. The third-order valence-corrected chi connectivity index (χ3v) is 3.91. The minimum absolute atomic E-state index is 0.0493. The summed E-state index contributed by atoms with van der Waals surface area (Å²) in [6.07, 6.45) is 0.900. The Balaban J connectivity index is 2.08. The highest BCUT2D eigenvalue weighted by Crippen LogP contribution is 2.13. The maximum absolute atomic E-state index is 12.7. The van der Waals surface area contributed by atoms with E-state index in [9.17, 15) is 9.59 Å². The van der Waals surface area contributed by atoms with Crippen molar-refractivity contribution < 1.29 is 9.59 Å². The van der Waals surface area contributed by atoms with Gasteiger partial charge in [-0.1, -0.05) is 37.3 Å². The highest BCUT2D eigenvalue weighted by molar-refractivity contribution is 5.87. The van der Waals surface area contributed by atoms with Crippen molar-refractivity contribution in [3.05, 3.63) is 35.9 Å². The maximum atomic E-state index is 12.7. The number of carbonyl (C=O) groups is 2. The normalized spacial score (nSPS) is 19.7. The third kappa shape index (κ3) is 4.04. The van der Waals surface area contributed by atoms with Crippen molar-refractivity contribution in [2.24, 2.45) is 0 Å². The molecular weight excluding hydrogens is 266 g/mol. The van der Waals surface area contributed by atoms with Crippen LogP contribution < -0.4 is 10.6 Å². The van der Waals surface area contributed by atoms with Crippen molar-refractivity contribution >= 4 is 11.8 Å². The summed E-state index contributed by atoms with van der Waals surface area (Å²) < 4.78 is 0. The second-order valence-electron chi connectivity index (χ2n) is 5.45. The van der Waals surface area contributed by atoms with Gasteiger partial charge >= 0.3 is 0 Å². The lowest BCUT2D eigenvalue weighted by Gasteiger charge is -2.34. The number of nitrogens with one attached hydrogen (secondary N) is 2. The van der Waals surface area contributed by atoms with E-state index in [0.29, 0.717) is 13.1 Å². The minimum Gasteiger partial charge on any atom is -0.353 e. The highest BCUT2D eigenvalue weighted by Gasteiger charge is 2.29. The second-order valence-corrected chi connectivity index (χ2v) is 5.45. The number of rotatable bonds is 5. The van der Waals surface area contributed by atoms with E-state index < -0.39 is 0 Å². The Morgan fingerprint density at radius 2 is 2.10 bits per heavy atom. The van der Waals surface area contributed by atoms with Gasteiger partial charge in [-0.05, 0) is 18.9 Å².